The maximum absolute atomic E-state index is 11.5. The van der Waals surface area contributed by atoms with Gasteiger partial charge < -0.3 is 15.4 Å². The van der Waals surface area contributed by atoms with Crippen molar-refractivity contribution in [2.24, 2.45) is 5.92 Å². The lowest BCUT2D eigenvalue weighted by Gasteiger charge is -2.38. The molecule has 1 amide bonds. The van der Waals surface area contributed by atoms with E-state index >= 15 is 0 Å². The third-order valence-corrected chi connectivity index (χ3v) is 3.72. The summed E-state index contributed by atoms with van der Waals surface area (Å²) >= 11 is 0. The lowest BCUT2D eigenvalue weighted by atomic mass is 9.90. The molecule has 1 atom stereocenters. The maximum Gasteiger partial charge on any atom is 0.222 e. The summed E-state index contributed by atoms with van der Waals surface area (Å²) in [6.07, 6.45) is 0.919. The van der Waals surface area contributed by atoms with Crippen LogP contribution in [0.1, 0.15) is 45.7 Å². The van der Waals surface area contributed by atoms with E-state index < -0.39 is 0 Å². The second-order valence-electron chi connectivity index (χ2n) is 6.56. The SMILES string of the molecule is CC(C)C(=O)NCCNC1CC(C)(C)Oc2ccccc21. The standard InChI is InChI=1S/C17H26N2O2/c1-12(2)16(20)19-10-9-18-14-11-17(3,4)21-15-8-6-5-7-13(14)15/h5-8,12,14,18H,9-11H2,1-4H3,(H,19,20). The summed E-state index contributed by atoms with van der Waals surface area (Å²) in [4.78, 5) is 11.5. The van der Waals surface area contributed by atoms with E-state index in [-0.39, 0.29) is 23.5 Å². The number of hydrogen-bond acceptors (Lipinski definition) is 3. The molecule has 4 nitrogen and oxygen atoms in total. The van der Waals surface area contributed by atoms with Gasteiger partial charge in [0, 0.05) is 37.0 Å². The van der Waals surface area contributed by atoms with Gasteiger partial charge in [-0.1, -0.05) is 32.0 Å². The number of para-hydroxylation sites is 1. The minimum Gasteiger partial charge on any atom is -0.487 e. The minimum absolute atomic E-state index is 0.0349. The van der Waals surface area contributed by atoms with E-state index in [1.165, 1.54) is 5.56 Å². The molecule has 1 unspecified atom stereocenters. The number of nitrogens with one attached hydrogen (secondary N) is 2. The molecule has 1 aliphatic heterocycles. The van der Waals surface area contributed by atoms with Gasteiger partial charge in [-0.15, -0.1) is 0 Å². The fourth-order valence-electron chi connectivity index (χ4n) is 2.62. The van der Waals surface area contributed by atoms with Crippen molar-refractivity contribution < 1.29 is 9.53 Å². The number of amides is 1. The van der Waals surface area contributed by atoms with E-state index in [0.29, 0.717) is 6.54 Å². The highest BCUT2D eigenvalue weighted by Crippen LogP contribution is 2.38. The van der Waals surface area contributed by atoms with E-state index in [2.05, 4.69) is 30.5 Å². The summed E-state index contributed by atoms with van der Waals surface area (Å²) in [5.41, 5.74) is 1.03. The van der Waals surface area contributed by atoms with Gasteiger partial charge in [-0.3, -0.25) is 4.79 Å². The molecule has 0 bridgehead atoms. The van der Waals surface area contributed by atoms with Crippen LogP contribution in [0.3, 0.4) is 0 Å². The van der Waals surface area contributed by atoms with Crippen molar-refractivity contribution in [2.75, 3.05) is 13.1 Å². The summed E-state index contributed by atoms with van der Waals surface area (Å²) in [6.45, 7) is 9.43. The van der Waals surface area contributed by atoms with Crippen molar-refractivity contribution >= 4 is 5.91 Å². The van der Waals surface area contributed by atoms with Crippen LogP contribution in [0.2, 0.25) is 0 Å². The van der Waals surface area contributed by atoms with Gasteiger partial charge in [-0.05, 0) is 19.9 Å². The van der Waals surface area contributed by atoms with Gasteiger partial charge >= 0.3 is 0 Å². The predicted molar refractivity (Wildman–Crippen MR) is 84.4 cm³/mol. The molecular weight excluding hydrogens is 264 g/mol. The summed E-state index contributed by atoms with van der Waals surface area (Å²) in [5, 5.41) is 6.47. The first-order chi connectivity index (χ1) is 9.89. The summed E-state index contributed by atoms with van der Waals surface area (Å²) in [5.74, 6) is 1.09. The molecule has 2 N–H and O–H groups in total. The smallest absolute Gasteiger partial charge is 0.222 e. The minimum atomic E-state index is -0.173. The summed E-state index contributed by atoms with van der Waals surface area (Å²) < 4.78 is 6.02. The number of ether oxygens (including phenoxy) is 1. The van der Waals surface area contributed by atoms with Crippen LogP contribution >= 0.6 is 0 Å². The van der Waals surface area contributed by atoms with Crippen molar-refractivity contribution in [3.8, 4) is 5.75 Å². The Morgan fingerprint density at radius 2 is 2.05 bits per heavy atom. The van der Waals surface area contributed by atoms with Gasteiger partial charge in [0.1, 0.15) is 11.4 Å². The van der Waals surface area contributed by atoms with Crippen LogP contribution < -0.4 is 15.4 Å². The third kappa shape index (κ3) is 4.21. The topological polar surface area (TPSA) is 50.4 Å². The number of carbonyl (C=O) groups is 1. The van der Waals surface area contributed by atoms with Gasteiger partial charge in [0.25, 0.3) is 0 Å². The molecule has 0 saturated heterocycles. The number of fused-ring (bicyclic) bond motifs is 1. The normalized spacial score (nSPS) is 19.8. The maximum atomic E-state index is 11.5. The first-order valence-corrected chi connectivity index (χ1v) is 7.68. The molecule has 0 spiro atoms. The monoisotopic (exact) mass is 290 g/mol. The van der Waals surface area contributed by atoms with Crippen molar-refractivity contribution in [3.05, 3.63) is 29.8 Å². The van der Waals surface area contributed by atoms with Crippen LogP contribution in [-0.2, 0) is 4.79 Å². The lowest BCUT2D eigenvalue weighted by Crippen LogP contribution is -2.41. The first kappa shape index (κ1) is 15.8. The van der Waals surface area contributed by atoms with E-state index in [0.717, 1.165) is 18.7 Å². The van der Waals surface area contributed by atoms with E-state index in [1.54, 1.807) is 0 Å². The fraction of sp³-hybridized carbons (Fsp3) is 0.588. The van der Waals surface area contributed by atoms with Gasteiger partial charge in [-0.25, -0.2) is 0 Å². The van der Waals surface area contributed by atoms with Crippen LogP contribution in [0.25, 0.3) is 0 Å². The summed E-state index contributed by atoms with van der Waals surface area (Å²) in [7, 11) is 0. The average Bonchev–Trinajstić information content (AvgIpc) is 2.41. The molecule has 0 aromatic heterocycles. The highest BCUT2D eigenvalue weighted by molar-refractivity contribution is 5.77. The Labute approximate surface area is 127 Å². The van der Waals surface area contributed by atoms with Crippen molar-refractivity contribution in [3.63, 3.8) is 0 Å². The zero-order valence-corrected chi connectivity index (χ0v) is 13.4. The van der Waals surface area contributed by atoms with Gasteiger partial charge in [0.15, 0.2) is 0 Å². The van der Waals surface area contributed by atoms with Crippen LogP contribution in [0, 0.1) is 5.92 Å². The molecule has 1 aromatic carbocycles. The molecule has 21 heavy (non-hydrogen) atoms. The zero-order chi connectivity index (χ0) is 15.5. The molecule has 0 saturated carbocycles. The Balaban J connectivity index is 1.92. The number of hydrogen-bond donors (Lipinski definition) is 2. The highest BCUT2D eigenvalue weighted by atomic mass is 16.5. The number of carbonyl (C=O) groups excluding carboxylic acids is 1. The van der Waals surface area contributed by atoms with Crippen molar-refractivity contribution in [1.82, 2.24) is 10.6 Å². The van der Waals surface area contributed by atoms with E-state index in [1.807, 2.05) is 32.0 Å². The lowest BCUT2D eigenvalue weighted by molar-refractivity contribution is -0.123. The van der Waals surface area contributed by atoms with E-state index in [9.17, 15) is 4.79 Å². The Hall–Kier alpha value is -1.55. The van der Waals surface area contributed by atoms with Crippen molar-refractivity contribution in [1.29, 1.82) is 0 Å². The van der Waals surface area contributed by atoms with E-state index in [4.69, 9.17) is 4.74 Å². The summed E-state index contributed by atoms with van der Waals surface area (Å²) in [6, 6.07) is 8.43. The van der Waals surface area contributed by atoms with Gasteiger partial charge in [0.2, 0.25) is 5.91 Å². The molecule has 0 fully saturated rings. The van der Waals surface area contributed by atoms with Crippen LogP contribution in [-0.4, -0.2) is 24.6 Å². The van der Waals surface area contributed by atoms with Gasteiger partial charge in [-0.2, -0.15) is 0 Å². The highest BCUT2D eigenvalue weighted by Gasteiger charge is 2.32. The Bertz CT molecular complexity index is 497. The average molecular weight is 290 g/mol. The molecular formula is C17H26N2O2. The van der Waals surface area contributed by atoms with Crippen LogP contribution in [0.15, 0.2) is 24.3 Å². The molecule has 4 heteroatoms. The molecule has 1 aliphatic rings. The number of rotatable bonds is 5. The Kier molecular flexibility index (Phi) is 4.88. The number of benzene rings is 1. The predicted octanol–water partition coefficient (Wildman–Crippen LogP) is 2.65. The molecule has 0 aliphatic carbocycles. The first-order valence-electron chi connectivity index (χ1n) is 7.68. The van der Waals surface area contributed by atoms with Gasteiger partial charge in [0.05, 0.1) is 0 Å². The van der Waals surface area contributed by atoms with Crippen LogP contribution in [0.4, 0.5) is 0 Å². The molecule has 0 radical (unpaired) electrons. The zero-order valence-electron chi connectivity index (χ0n) is 13.4. The Morgan fingerprint density at radius 1 is 1.33 bits per heavy atom. The second-order valence-corrected chi connectivity index (χ2v) is 6.56. The molecule has 1 aromatic rings. The second kappa shape index (κ2) is 6.48. The molecule has 2 rings (SSSR count). The Morgan fingerprint density at radius 3 is 2.76 bits per heavy atom. The molecule has 1 heterocycles. The van der Waals surface area contributed by atoms with Crippen LogP contribution in [0.5, 0.6) is 5.75 Å². The quantitative estimate of drug-likeness (QED) is 0.820. The molecule has 116 valence electrons. The fourth-order valence-corrected chi connectivity index (χ4v) is 2.62. The third-order valence-electron chi connectivity index (χ3n) is 3.72. The largest absolute Gasteiger partial charge is 0.487 e. The van der Waals surface area contributed by atoms with Crippen molar-refractivity contribution in [2.45, 2.75) is 45.8 Å².